The number of nitrogens with zero attached hydrogens (tertiary/aromatic N) is 2. The minimum Gasteiger partial charge on any atom is -0.494 e. The summed E-state index contributed by atoms with van der Waals surface area (Å²) in [5.74, 6) is -0.611. The van der Waals surface area contributed by atoms with Gasteiger partial charge in [-0.3, -0.25) is 19.3 Å². The second-order valence-electron chi connectivity index (χ2n) is 7.51. The van der Waals surface area contributed by atoms with Crippen molar-refractivity contribution in [3.63, 3.8) is 0 Å². The van der Waals surface area contributed by atoms with Crippen LogP contribution in [0.4, 0.5) is 4.39 Å². The van der Waals surface area contributed by atoms with E-state index in [-0.39, 0.29) is 22.1 Å². The number of aliphatic imine (C=N–C) groups is 1. The van der Waals surface area contributed by atoms with Crippen LogP contribution in [0.5, 0.6) is 5.88 Å². The zero-order valence-electron chi connectivity index (χ0n) is 17.7. The van der Waals surface area contributed by atoms with Gasteiger partial charge in [0, 0.05) is 18.7 Å². The van der Waals surface area contributed by atoms with Crippen LogP contribution >= 0.6 is 12.2 Å². The number of benzene rings is 3. The Morgan fingerprint density at radius 2 is 1.55 bits per heavy atom. The molecule has 33 heavy (non-hydrogen) atoms. The van der Waals surface area contributed by atoms with Crippen molar-refractivity contribution in [1.82, 2.24) is 9.55 Å². The van der Waals surface area contributed by atoms with E-state index in [4.69, 9.17) is 12.2 Å². The summed E-state index contributed by atoms with van der Waals surface area (Å²) in [6, 6.07) is 25.8. The standard InChI is InChI=1S/C26H22FN3O2S/c27-20-11-13-21(14-12-20)30-25(32)23(24(31)29-26(30)33)17-28-16-15-22(18-7-3-1-4-8-18)19-9-5-2-6-10-19/h1-14,17,22,32H,15-16H2,(H,29,31,33). The summed E-state index contributed by atoms with van der Waals surface area (Å²) < 4.78 is 14.6. The van der Waals surface area contributed by atoms with E-state index >= 15 is 0 Å². The number of halogens is 1. The maximum atomic E-state index is 13.3. The first kappa shape index (κ1) is 22.4. The molecule has 1 heterocycles. The van der Waals surface area contributed by atoms with Crippen LogP contribution < -0.4 is 5.56 Å². The molecule has 0 saturated heterocycles. The molecule has 0 atom stereocenters. The van der Waals surface area contributed by atoms with E-state index in [2.05, 4.69) is 34.2 Å². The molecule has 0 unspecified atom stereocenters. The van der Waals surface area contributed by atoms with E-state index in [1.54, 1.807) is 0 Å². The van der Waals surface area contributed by atoms with Gasteiger partial charge in [-0.15, -0.1) is 0 Å². The molecule has 0 fully saturated rings. The Balaban J connectivity index is 1.59. The van der Waals surface area contributed by atoms with E-state index in [9.17, 15) is 14.3 Å². The monoisotopic (exact) mass is 459 g/mol. The molecule has 4 rings (SSSR count). The van der Waals surface area contributed by atoms with Gasteiger partial charge in [0.05, 0.1) is 5.69 Å². The topological polar surface area (TPSA) is 70.4 Å². The second kappa shape index (κ2) is 10.2. The zero-order valence-corrected chi connectivity index (χ0v) is 18.5. The highest BCUT2D eigenvalue weighted by Crippen LogP contribution is 2.28. The van der Waals surface area contributed by atoms with Crippen LogP contribution in [0.2, 0.25) is 0 Å². The highest BCUT2D eigenvalue weighted by molar-refractivity contribution is 7.71. The van der Waals surface area contributed by atoms with Crippen LogP contribution in [-0.2, 0) is 0 Å². The molecular formula is C26H22FN3O2S. The van der Waals surface area contributed by atoms with Crippen molar-refractivity contribution < 1.29 is 9.50 Å². The van der Waals surface area contributed by atoms with Crippen molar-refractivity contribution in [2.24, 2.45) is 4.99 Å². The van der Waals surface area contributed by atoms with Crippen molar-refractivity contribution in [3.8, 4) is 11.6 Å². The molecular weight excluding hydrogens is 437 g/mol. The van der Waals surface area contributed by atoms with Gasteiger partial charge in [0.2, 0.25) is 5.88 Å². The number of aromatic hydroxyl groups is 1. The van der Waals surface area contributed by atoms with Crippen molar-refractivity contribution in [2.75, 3.05) is 6.54 Å². The Kier molecular flexibility index (Phi) is 6.90. The normalized spacial score (nSPS) is 11.3. The van der Waals surface area contributed by atoms with Crippen LogP contribution in [0.1, 0.15) is 29.0 Å². The number of hydrogen-bond donors (Lipinski definition) is 2. The molecule has 0 spiro atoms. The lowest BCUT2D eigenvalue weighted by Gasteiger charge is -2.17. The molecule has 5 nitrogen and oxygen atoms in total. The Hall–Kier alpha value is -3.84. The quantitative estimate of drug-likeness (QED) is 0.288. The molecule has 4 aromatic rings. The summed E-state index contributed by atoms with van der Waals surface area (Å²) in [7, 11) is 0. The molecule has 0 aliphatic rings. The molecule has 0 aliphatic carbocycles. The second-order valence-corrected chi connectivity index (χ2v) is 7.89. The summed E-state index contributed by atoms with van der Waals surface area (Å²) in [5, 5.41) is 10.7. The zero-order chi connectivity index (χ0) is 23.2. The van der Waals surface area contributed by atoms with Crippen molar-refractivity contribution in [1.29, 1.82) is 0 Å². The van der Waals surface area contributed by atoms with Gasteiger partial charge in [0.25, 0.3) is 5.56 Å². The number of aromatic nitrogens is 2. The predicted molar refractivity (Wildman–Crippen MR) is 131 cm³/mol. The lowest BCUT2D eigenvalue weighted by Crippen LogP contribution is -2.18. The fraction of sp³-hybridized carbons (Fsp3) is 0.115. The minimum absolute atomic E-state index is 0.00878. The van der Waals surface area contributed by atoms with Gasteiger partial charge in [-0.25, -0.2) is 4.39 Å². The largest absolute Gasteiger partial charge is 0.494 e. The molecule has 0 amide bonds. The number of hydrogen-bond acceptors (Lipinski definition) is 4. The maximum Gasteiger partial charge on any atom is 0.264 e. The summed E-state index contributed by atoms with van der Waals surface area (Å²) in [6.07, 6.45) is 2.08. The number of nitrogens with one attached hydrogen (secondary N) is 1. The lowest BCUT2D eigenvalue weighted by atomic mass is 9.89. The average Bonchev–Trinajstić information content (AvgIpc) is 2.83. The van der Waals surface area contributed by atoms with E-state index < -0.39 is 11.4 Å². The minimum atomic E-state index is -0.540. The molecule has 0 saturated carbocycles. The first-order valence-electron chi connectivity index (χ1n) is 10.5. The van der Waals surface area contributed by atoms with Crippen LogP contribution in [0.15, 0.2) is 94.7 Å². The molecule has 1 aromatic heterocycles. The lowest BCUT2D eigenvalue weighted by molar-refractivity contribution is 0.432. The van der Waals surface area contributed by atoms with Gasteiger partial charge in [0.1, 0.15) is 11.4 Å². The van der Waals surface area contributed by atoms with Crippen molar-refractivity contribution in [3.05, 3.63) is 123 Å². The third-order valence-electron chi connectivity index (χ3n) is 5.38. The van der Waals surface area contributed by atoms with Crippen molar-refractivity contribution in [2.45, 2.75) is 12.3 Å². The number of rotatable bonds is 7. The van der Waals surface area contributed by atoms with E-state index in [0.717, 1.165) is 6.42 Å². The van der Waals surface area contributed by atoms with Gasteiger partial charge in [-0.2, -0.15) is 0 Å². The van der Waals surface area contributed by atoms with Crippen molar-refractivity contribution >= 4 is 18.4 Å². The fourth-order valence-corrected chi connectivity index (χ4v) is 4.03. The molecule has 3 aromatic carbocycles. The van der Waals surface area contributed by atoms with E-state index in [0.29, 0.717) is 12.2 Å². The molecule has 0 aliphatic heterocycles. The molecule has 7 heteroatoms. The summed E-state index contributed by atoms with van der Waals surface area (Å²) in [5.41, 5.74) is 2.25. The first-order valence-corrected chi connectivity index (χ1v) is 10.9. The average molecular weight is 460 g/mol. The Labute approximate surface area is 195 Å². The highest BCUT2D eigenvalue weighted by Gasteiger charge is 2.15. The molecule has 166 valence electrons. The van der Waals surface area contributed by atoms with Crippen LogP contribution in [0, 0.1) is 10.6 Å². The summed E-state index contributed by atoms with van der Waals surface area (Å²) >= 11 is 5.19. The summed E-state index contributed by atoms with van der Waals surface area (Å²) in [4.78, 5) is 19.4. The van der Waals surface area contributed by atoms with Crippen LogP contribution in [0.3, 0.4) is 0 Å². The van der Waals surface area contributed by atoms with Gasteiger partial charge < -0.3 is 5.11 Å². The third-order valence-corrected chi connectivity index (χ3v) is 5.66. The van der Waals surface area contributed by atoms with Gasteiger partial charge in [-0.1, -0.05) is 60.7 Å². The Bertz CT molecular complexity index is 1330. The SMILES string of the molecule is O=c1[nH]c(=S)n(-c2ccc(F)cc2)c(O)c1C=NCCC(c1ccccc1)c1ccccc1. The number of H-pyrrole nitrogens is 1. The van der Waals surface area contributed by atoms with E-state index in [1.165, 1.54) is 46.2 Å². The molecule has 0 bridgehead atoms. The molecule has 2 N–H and O–H groups in total. The number of aromatic amines is 1. The van der Waals surface area contributed by atoms with Crippen LogP contribution in [0.25, 0.3) is 5.69 Å². The fourth-order valence-electron chi connectivity index (χ4n) is 3.74. The summed E-state index contributed by atoms with van der Waals surface area (Å²) in [6.45, 7) is 0.444. The van der Waals surface area contributed by atoms with Crippen LogP contribution in [-0.4, -0.2) is 27.4 Å². The van der Waals surface area contributed by atoms with Gasteiger partial charge >= 0.3 is 0 Å². The highest BCUT2D eigenvalue weighted by atomic mass is 32.1. The smallest absolute Gasteiger partial charge is 0.264 e. The molecule has 0 radical (unpaired) electrons. The van der Waals surface area contributed by atoms with E-state index in [1.807, 2.05) is 36.4 Å². The first-order chi connectivity index (χ1) is 16.0. The van der Waals surface area contributed by atoms with Gasteiger partial charge in [0.15, 0.2) is 4.77 Å². The Morgan fingerprint density at radius 1 is 0.970 bits per heavy atom. The van der Waals surface area contributed by atoms with Gasteiger partial charge in [-0.05, 0) is 54.0 Å². The predicted octanol–water partition coefficient (Wildman–Crippen LogP) is 5.38. The Morgan fingerprint density at radius 3 is 2.12 bits per heavy atom. The third kappa shape index (κ3) is 5.15. The maximum absolute atomic E-state index is 13.3.